The Morgan fingerprint density at radius 1 is 1.32 bits per heavy atom. The molecule has 1 N–H and O–H groups in total. The maximum Gasteiger partial charge on any atom is 0.320 e. The van der Waals surface area contributed by atoms with E-state index < -0.39 is 0 Å². The molecule has 25 heavy (non-hydrogen) atoms. The fraction of sp³-hybridized carbons (Fsp3) is 0.474. The molecule has 5 nitrogen and oxygen atoms in total. The Kier molecular flexibility index (Phi) is 6.15. The fourth-order valence-electron chi connectivity index (χ4n) is 3.33. The smallest absolute Gasteiger partial charge is 0.320 e. The third kappa shape index (κ3) is 4.64. The monoisotopic (exact) mass is 361 g/mol. The molecule has 2 atom stereocenters. The number of methoxy groups -OCH3 is 1. The Balaban J connectivity index is 1.52. The van der Waals surface area contributed by atoms with Gasteiger partial charge >= 0.3 is 5.97 Å². The van der Waals surface area contributed by atoms with Crippen LogP contribution in [-0.2, 0) is 14.3 Å². The lowest BCUT2D eigenvalue weighted by Crippen LogP contribution is -3.13. The van der Waals surface area contributed by atoms with Crippen LogP contribution in [0.25, 0.3) is 5.57 Å². The summed E-state index contributed by atoms with van der Waals surface area (Å²) in [5.41, 5.74) is 2.65. The second kappa shape index (κ2) is 8.54. The first-order valence-electron chi connectivity index (χ1n) is 8.72. The number of hydrogen-bond donors (Lipinski definition) is 1. The number of quaternary nitrogens is 1. The Morgan fingerprint density at radius 2 is 2.12 bits per heavy atom. The molecule has 0 radical (unpaired) electrons. The van der Waals surface area contributed by atoms with Crippen molar-refractivity contribution in [3.8, 4) is 0 Å². The minimum atomic E-state index is -0.247. The van der Waals surface area contributed by atoms with Gasteiger partial charge in [0.25, 0.3) is 5.91 Å². The topological polar surface area (TPSA) is 51.0 Å². The SMILES string of the molecule is COC(=O)[C@H]1CN(C(=O)C[NH+]2CC=C(c3ccccc3)CC2)CCS1. The van der Waals surface area contributed by atoms with Crippen molar-refractivity contribution in [1.29, 1.82) is 0 Å². The molecule has 1 fully saturated rings. The van der Waals surface area contributed by atoms with Crippen LogP contribution in [0.15, 0.2) is 36.4 Å². The minimum Gasteiger partial charge on any atom is -0.468 e. The van der Waals surface area contributed by atoms with Crippen LogP contribution in [0.5, 0.6) is 0 Å². The number of esters is 1. The zero-order valence-corrected chi connectivity index (χ0v) is 15.4. The van der Waals surface area contributed by atoms with Crippen LogP contribution >= 0.6 is 11.8 Å². The van der Waals surface area contributed by atoms with Gasteiger partial charge in [-0.1, -0.05) is 30.3 Å². The molecule has 1 unspecified atom stereocenters. The van der Waals surface area contributed by atoms with Gasteiger partial charge in [0.1, 0.15) is 5.25 Å². The van der Waals surface area contributed by atoms with Crippen molar-refractivity contribution in [2.45, 2.75) is 11.7 Å². The third-order valence-corrected chi connectivity index (χ3v) is 5.98. The Bertz CT molecular complexity index is 647. The zero-order chi connectivity index (χ0) is 17.6. The van der Waals surface area contributed by atoms with Gasteiger partial charge in [0.05, 0.1) is 20.2 Å². The van der Waals surface area contributed by atoms with E-state index >= 15 is 0 Å². The Morgan fingerprint density at radius 3 is 2.80 bits per heavy atom. The van der Waals surface area contributed by atoms with E-state index in [2.05, 4.69) is 30.3 Å². The van der Waals surface area contributed by atoms with Crippen molar-refractivity contribution >= 4 is 29.2 Å². The van der Waals surface area contributed by atoms with Crippen molar-refractivity contribution in [3.63, 3.8) is 0 Å². The van der Waals surface area contributed by atoms with Gasteiger partial charge in [0, 0.05) is 25.3 Å². The molecule has 1 aromatic rings. The van der Waals surface area contributed by atoms with Crippen LogP contribution in [-0.4, -0.2) is 67.6 Å². The molecule has 1 amide bonds. The van der Waals surface area contributed by atoms with Gasteiger partial charge in [0.15, 0.2) is 6.54 Å². The first-order chi connectivity index (χ1) is 12.2. The summed E-state index contributed by atoms with van der Waals surface area (Å²) < 4.78 is 4.81. The van der Waals surface area contributed by atoms with E-state index in [1.165, 1.54) is 23.1 Å². The van der Waals surface area contributed by atoms with Gasteiger partial charge in [-0.3, -0.25) is 9.59 Å². The molecular formula is C19H25N2O3S+. The highest BCUT2D eigenvalue weighted by Gasteiger charge is 2.31. The Labute approximate surface area is 153 Å². The van der Waals surface area contributed by atoms with E-state index in [4.69, 9.17) is 4.74 Å². The number of carbonyl (C=O) groups excluding carboxylic acids is 2. The second-order valence-electron chi connectivity index (χ2n) is 6.45. The van der Waals surface area contributed by atoms with Gasteiger partial charge in [0.2, 0.25) is 0 Å². The standard InChI is InChI=1S/C19H24N2O3S/c1-24-19(23)17-13-21(11-12-25-17)18(22)14-20-9-7-16(8-10-20)15-5-3-2-4-6-15/h2-7,17H,8-14H2,1H3/p+1/t17-/m1/s1. The predicted octanol–water partition coefficient (Wildman–Crippen LogP) is 0.476. The summed E-state index contributed by atoms with van der Waals surface area (Å²) in [6.45, 7) is 3.52. The maximum atomic E-state index is 12.6. The third-order valence-electron chi connectivity index (χ3n) is 4.81. The van der Waals surface area contributed by atoms with Crippen LogP contribution in [0.3, 0.4) is 0 Å². The van der Waals surface area contributed by atoms with Crippen LogP contribution in [0.4, 0.5) is 0 Å². The molecule has 0 aromatic heterocycles. The Hall–Kier alpha value is -1.79. The molecule has 134 valence electrons. The number of nitrogens with zero attached hydrogens (tertiary/aromatic N) is 1. The van der Waals surface area contributed by atoms with Crippen molar-refractivity contribution < 1.29 is 19.2 Å². The number of benzene rings is 1. The van der Waals surface area contributed by atoms with Gasteiger partial charge in [-0.2, -0.15) is 0 Å². The summed E-state index contributed by atoms with van der Waals surface area (Å²) in [6, 6.07) is 10.4. The van der Waals surface area contributed by atoms with Crippen LogP contribution in [0.2, 0.25) is 0 Å². The van der Waals surface area contributed by atoms with Gasteiger partial charge in [-0.25, -0.2) is 0 Å². The summed E-state index contributed by atoms with van der Waals surface area (Å²) in [6.07, 6.45) is 3.25. The van der Waals surface area contributed by atoms with Crippen LogP contribution in [0, 0.1) is 0 Å². The van der Waals surface area contributed by atoms with E-state index in [9.17, 15) is 9.59 Å². The molecule has 6 heteroatoms. The van der Waals surface area contributed by atoms with E-state index in [0.29, 0.717) is 13.1 Å². The average Bonchev–Trinajstić information content (AvgIpc) is 2.68. The lowest BCUT2D eigenvalue weighted by atomic mass is 9.99. The number of thioether (sulfide) groups is 1. The highest BCUT2D eigenvalue weighted by molar-refractivity contribution is 8.00. The van der Waals surface area contributed by atoms with Crippen LogP contribution < -0.4 is 4.90 Å². The number of carbonyl (C=O) groups is 2. The molecule has 1 saturated heterocycles. The summed E-state index contributed by atoms with van der Waals surface area (Å²) in [5, 5.41) is -0.247. The summed E-state index contributed by atoms with van der Waals surface area (Å²) in [7, 11) is 1.40. The van der Waals surface area contributed by atoms with Gasteiger partial charge in [-0.15, -0.1) is 11.8 Å². The lowest BCUT2D eigenvalue weighted by molar-refractivity contribution is -0.887. The average molecular weight is 361 g/mol. The van der Waals surface area contributed by atoms with Gasteiger partial charge in [-0.05, 0) is 17.2 Å². The van der Waals surface area contributed by atoms with Crippen molar-refractivity contribution in [2.75, 3.05) is 45.6 Å². The van der Waals surface area contributed by atoms with Crippen LogP contribution in [0.1, 0.15) is 12.0 Å². The quantitative estimate of drug-likeness (QED) is 0.793. The highest BCUT2D eigenvalue weighted by atomic mass is 32.2. The molecular weight excluding hydrogens is 336 g/mol. The number of ether oxygens (including phenoxy) is 1. The zero-order valence-electron chi connectivity index (χ0n) is 14.6. The summed E-state index contributed by atoms with van der Waals surface area (Å²) >= 11 is 1.58. The van der Waals surface area contributed by atoms with E-state index in [1.54, 1.807) is 11.8 Å². The largest absolute Gasteiger partial charge is 0.468 e. The molecule has 2 heterocycles. The fourth-order valence-corrected chi connectivity index (χ4v) is 4.46. The van der Waals surface area contributed by atoms with Crippen molar-refractivity contribution in [1.82, 2.24) is 4.90 Å². The molecule has 0 spiro atoms. The van der Waals surface area contributed by atoms with E-state index in [0.717, 1.165) is 31.8 Å². The van der Waals surface area contributed by atoms with E-state index in [-0.39, 0.29) is 17.1 Å². The predicted molar refractivity (Wildman–Crippen MR) is 99.4 cm³/mol. The number of nitrogens with one attached hydrogen (secondary N) is 1. The minimum absolute atomic E-state index is 0.140. The molecule has 2 aliphatic heterocycles. The number of rotatable bonds is 4. The van der Waals surface area contributed by atoms with Gasteiger partial charge < -0.3 is 14.5 Å². The molecule has 0 aliphatic carbocycles. The van der Waals surface area contributed by atoms with Crippen molar-refractivity contribution in [3.05, 3.63) is 42.0 Å². The molecule has 1 aromatic carbocycles. The molecule has 0 bridgehead atoms. The summed E-state index contributed by atoms with van der Waals surface area (Å²) in [5.74, 6) is 0.697. The first-order valence-corrected chi connectivity index (χ1v) is 9.77. The number of amides is 1. The summed E-state index contributed by atoms with van der Waals surface area (Å²) in [4.78, 5) is 27.4. The normalized spacial score (nSPS) is 23.7. The maximum absolute atomic E-state index is 12.6. The lowest BCUT2D eigenvalue weighted by Gasteiger charge is -2.32. The first kappa shape index (κ1) is 18.0. The molecule has 3 rings (SSSR count). The van der Waals surface area contributed by atoms with Crippen molar-refractivity contribution in [2.24, 2.45) is 0 Å². The molecule has 0 saturated carbocycles. The highest BCUT2D eigenvalue weighted by Crippen LogP contribution is 2.20. The number of hydrogen-bond acceptors (Lipinski definition) is 4. The second-order valence-corrected chi connectivity index (χ2v) is 7.76. The van der Waals surface area contributed by atoms with E-state index in [1.807, 2.05) is 11.0 Å². The molecule has 2 aliphatic rings.